The van der Waals surface area contributed by atoms with Gasteiger partial charge in [-0.1, -0.05) is 37.1 Å². The highest BCUT2D eigenvalue weighted by molar-refractivity contribution is 5.96. The van der Waals surface area contributed by atoms with Gasteiger partial charge < -0.3 is 15.0 Å². The van der Waals surface area contributed by atoms with Crippen molar-refractivity contribution in [3.8, 4) is 5.75 Å². The predicted octanol–water partition coefficient (Wildman–Crippen LogP) is 5.74. The number of nitrogens with zero attached hydrogens (tertiary/aromatic N) is 1. The molecule has 4 rings (SSSR count). The summed E-state index contributed by atoms with van der Waals surface area (Å²) in [6.45, 7) is 0.358. The largest absolute Gasteiger partial charge is 0.497 e. The number of rotatable bonds is 8. The van der Waals surface area contributed by atoms with Crippen molar-refractivity contribution in [1.29, 1.82) is 0 Å². The molecule has 1 N–H and O–H groups in total. The summed E-state index contributed by atoms with van der Waals surface area (Å²) in [4.78, 5) is 27.8. The predicted molar refractivity (Wildman–Crippen MR) is 131 cm³/mol. The first kappa shape index (κ1) is 23.5. The molecular weight excluding hydrogens is 431 g/mol. The Kier molecular flexibility index (Phi) is 7.58. The van der Waals surface area contributed by atoms with Crippen molar-refractivity contribution in [3.63, 3.8) is 0 Å². The number of carbonyl (C=O) groups is 2. The average Bonchev–Trinajstić information content (AvgIpc) is 3.39. The monoisotopic (exact) mass is 460 g/mol. The molecule has 1 aliphatic carbocycles. The van der Waals surface area contributed by atoms with E-state index in [0.717, 1.165) is 48.2 Å². The third-order valence-electron chi connectivity index (χ3n) is 6.19. The fourth-order valence-corrected chi connectivity index (χ4v) is 4.36. The molecule has 6 heteroatoms. The first-order chi connectivity index (χ1) is 16.5. The van der Waals surface area contributed by atoms with Crippen LogP contribution in [0.5, 0.6) is 5.75 Å². The lowest BCUT2D eigenvalue weighted by Crippen LogP contribution is -2.35. The fraction of sp³-hybridized carbons (Fsp3) is 0.286. The van der Waals surface area contributed by atoms with Crippen molar-refractivity contribution in [2.75, 3.05) is 17.3 Å². The van der Waals surface area contributed by atoms with E-state index >= 15 is 0 Å². The van der Waals surface area contributed by atoms with E-state index in [9.17, 15) is 14.0 Å². The summed E-state index contributed by atoms with van der Waals surface area (Å²) in [5.41, 5.74) is 3.11. The molecule has 2 amide bonds. The van der Waals surface area contributed by atoms with E-state index in [1.165, 1.54) is 12.1 Å². The van der Waals surface area contributed by atoms with Gasteiger partial charge in [0.2, 0.25) is 11.8 Å². The molecule has 3 aromatic carbocycles. The molecule has 0 spiro atoms. The van der Waals surface area contributed by atoms with E-state index in [1.807, 2.05) is 24.3 Å². The van der Waals surface area contributed by atoms with E-state index in [-0.39, 0.29) is 30.0 Å². The lowest BCUT2D eigenvalue weighted by atomic mass is 10.0. The Balaban J connectivity index is 1.51. The van der Waals surface area contributed by atoms with Crippen LogP contribution in [-0.4, -0.2) is 18.9 Å². The van der Waals surface area contributed by atoms with Gasteiger partial charge in [0.25, 0.3) is 0 Å². The van der Waals surface area contributed by atoms with Crippen molar-refractivity contribution >= 4 is 23.2 Å². The Morgan fingerprint density at radius 3 is 2.35 bits per heavy atom. The molecule has 176 valence electrons. The molecule has 3 aromatic rings. The van der Waals surface area contributed by atoms with Crippen molar-refractivity contribution < 1.29 is 18.7 Å². The van der Waals surface area contributed by atoms with Gasteiger partial charge in [-0.3, -0.25) is 9.59 Å². The number of amides is 2. The van der Waals surface area contributed by atoms with Crippen molar-refractivity contribution in [3.05, 3.63) is 89.7 Å². The SMILES string of the molecule is COc1ccc(NC(=O)Cc2cccc(N(Cc3ccc(F)cc3)C(=O)C3CCCC3)c2)cc1. The molecule has 5 nitrogen and oxygen atoms in total. The number of hydrogen-bond donors (Lipinski definition) is 1. The smallest absolute Gasteiger partial charge is 0.230 e. The Labute approximate surface area is 199 Å². The number of methoxy groups -OCH3 is 1. The van der Waals surface area contributed by atoms with Gasteiger partial charge in [-0.15, -0.1) is 0 Å². The average molecular weight is 461 g/mol. The Hall–Kier alpha value is -3.67. The van der Waals surface area contributed by atoms with E-state index in [4.69, 9.17) is 4.74 Å². The summed E-state index contributed by atoms with van der Waals surface area (Å²) >= 11 is 0. The molecular formula is C28H29FN2O3. The fourth-order valence-electron chi connectivity index (χ4n) is 4.36. The minimum atomic E-state index is -0.303. The molecule has 0 saturated heterocycles. The maximum Gasteiger partial charge on any atom is 0.230 e. The first-order valence-electron chi connectivity index (χ1n) is 11.6. The van der Waals surface area contributed by atoms with Gasteiger partial charge in [-0.2, -0.15) is 0 Å². The molecule has 1 aliphatic rings. The van der Waals surface area contributed by atoms with Crippen molar-refractivity contribution in [1.82, 2.24) is 0 Å². The van der Waals surface area contributed by atoms with Gasteiger partial charge in [0.05, 0.1) is 20.1 Å². The van der Waals surface area contributed by atoms with Crippen LogP contribution in [0, 0.1) is 11.7 Å². The number of carbonyl (C=O) groups excluding carboxylic acids is 2. The molecule has 0 unspecified atom stereocenters. The number of halogens is 1. The van der Waals surface area contributed by atoms with Crippen LogP contribution in [0.4, 0.5) is 15.8 Å². The molecule has 1 saturated carbocycles. The summed E-state index contributed by atoms with van der Waals surface area (Å²) in [7, 11) is 1.59. The van der Waals surface area contributed by atoms with Crippen LogP contribution in [0.25, 0.3) is 0 Å². The maximum absolute atomic E-state index is 13.4. The van der Waals surface area contributed by atoms with Gasteiger partial charge in [0.15, 0.2) is 0 Å². The van der Waals surface area contributed by atoms with Gasteiger partial charge in [0, 0.05) is 17.3 Å². The number of hydrogen-bond acceptors (Lipinski definition) is 3. The number of nitrogens with one attached hydrogen (secondary N) is 1. The molecule has 0 aromatic heterocycles. The van der Waals surface area contributed by atoms with Crippen LogP contribution in [-0.2, 0) is 22.6 Å². The second-order valence-corrected chi connectivity index (χ2v) is 8.66. The third kappa shape index (κ3) is 6.01. The summed E-state index contributed by atoms with van der Waals surface area (Å²) in [5.74, 6) is 0.361. The zero-order valence-electron chi connectivity index (χ0n) is 19.3. The summed E-state index contributed by atoms with van der Waals surface area (Å²) in [6, 6.07) is 20.9. The van der Waals surface area contributed by atoms with E-state index < -0.39 is 0 Å². The van der Waals surface area contributed by atoms with Crippen molar-refractivity contribution in [2.45, 2.75) is 38.6 Å². The zero-order chi connectivity index (χ0) is 23.9. The minimum absolute atomic E-state index is 0.00229. The molecule has 34 heavy (non-hydrogen) atoms. The van der Waals surface area contributed by atoms with Gasteiger partial charge in [-0.05, 0) is 72.5 Å². The standard InChI is InChI=1S/C28H29FN2O3/c1-34-26-15-13-24(14-16-26)30-27(32)18-21-5-4-8-25(17-21)31(28(33)22-6-2-3-7-22)19-20-9-11-23(29)12-10-20/h4-5,8-17,22H,2-3,6-7,18-19H2,1H3,(H,30,32). The molecule has 0 heterocycles. The van der Waals surface area contributed by atoms with Crippen molar-refractivity contribution in [2.24, 2.45) is 5.92 Å². The van der Waals surface area contributed by atoms with E-state index in [1.54, 1.807) is 48.4 Å². The first-order valence-corrected chi connectivity index (χ1v) is 11.6. The van der Waals surface area contributed by atoms with E-state index in [0.29, 0.717) is 12.2 Å². The van der Waals surface area contributed by atoms with Gasteiger partial charge >= 0.3 is 0 Å². The molecule has 0 radical (unpaired) electrons. The Morgan fingerprint density at radius 1 is 0.971 bits per heavy atom. The maximum atomic E-state index is 13.4. The summed E-state index contributed by atoms with van der Waals surface area (Å²) in [6.07, 6.45) is 4.09. The number of anilines is 2. The Morgan fingerprint density at radius 2 is 1.68 bits per heavy atom. The minimum Gasteiger partial charge on any atom is -0.497 e. The van der Waals surface area contributed by atoms with Crippen LogP contribution in [0.3, 0.4) is 0 Å². The van der Waals surface area contributed by atoms with Crippen LogP contribution < -0.4 is 15.0 Å². The molecule has 1 fully saturated rings. The second kappa shape index (κ2) is 11.0. The van der Waals surface area contributed by atoms with Gasteiger partial charge in [0.1, 0.15) is 11.6 Å². The van der Waals surface area contributed by atoms with Crippen LogP contribution in [0.15, 0.2) is 72.8 Å². The summed E-state index contributed by atoms with van der Waals surface area (Å²) < 4.78 is 18.5. The van der Waals surface area contributed by atoms with Crippen LogP contribution in [0.2, 0.25) is 0 Å². The van der Waals surface area contributed by atoms with Gasteiger partial charge in [-0.25, -0.2) is 4.39 Å². The highest BCUT2D eigenvalue weighted by Crippen LogP contribution is 2.30. The van der Waals surface area contributed by atoms with E-state index in [2.05, 4.69) is 5.32 Å². The number of ether oxygens (including phenoxy) is 1. The normalized spacial score (nSPS) is 13.5. The lowest BCUT2D eigenvalue weighted by molar-refractivity contribution is -0.122. The quantitative estimate of drug-likeness (QED) is 0.466. The zero-order valence-corrected chi connectivity index (χ0v) is 19.3. The molecule has 0 bridgehead atoms. The topological polar surface area (TPSA) is 58.6 Å². The third-order valence-corrected chi connectivity index (χ3v) is 6.19. The van der Waals surface area contributed by atoms with Crippen LogP contribution in [0.1, 0.15) is 36.8 Å². The van der Waals surface area contributed by atoms with Crippen LogP contribution >= 0.6 is 0 Å². The summed E-state index contributed by atoms with van der Waals surface area (Å²) in [5, 5.41) is 2.89. The highest BCUT2D eigenvalue weighted by Gasteiger charge is 2.28. The highest BCUT2D eigenvalue weighted by atomic mass is 19.1. The lowest BCUT2D eigenvalue weighted by Gasteiger charge is -2.26. The number of benzene rings is 3. The second-order valence-electron chi connectivity index (χ2n) is 8.66. The molecule has 0 atom stereocenters. The molecule has 0 aliphatic heterocycles. The Bertz CT molecular complexity index is 1120.